The van der Waals surface area contributed by atoms with Gasteiger partial charge in [-0.2, -0.15) is 0 Å². The molecule has 30 atom stereocenters. The van der Waals surface area contributed by atoms with E-state index >= 15 is 0 Å². The van der Waals surface area contributed by atoms with E-state index in [-0.39, 0.29) is 6.61 Å². The number of ether oxygens (including phenoxy) is 12. The van der Waals surface area contributed by atoms with Crippen LogP contribution in [0.2, 0.25) is 0 Å². The van der Waals surface area contributed by atoms with E-state index in [0.29, 0.717) is 25.8 Å². The van der Waals surface area contributed by atoms with E-state index in [1.165, 1.54) is 0 Å². The Balaban J connectivity index is 1.21. The third kappa shape index (κ3) is 13.4. The SMILES string of the molecule is NCCCCCO[C@H]1OC(CO)[C@@H](O)[C@H](O[C@H]2OC(CO)[C@@H](O)[C@H](O[C@H]3OC(CO)[C@@H](O)[C@H](O)C3O[C@H]3OC(CO)[C@@H](O)[C@H](O[C@H]4OC(CO)[C@@H](O)[C@H](O[C@H]5OC(CO)[C@@H](O)[C@H](O)C5O)C4O)C3O)C2O)C1O. The van der Waals surface area contributed by atoms with Gasteiger partial charge in [-0.25, -0.2) is 0 Å². The second-order valence-corrected chi connectivity index (χ2v) is 18.5. The molecule has 0 bridgehead atoms. The van der Waals surface area contributed by atoms with Crippen molar-refractivity contribution in [2.45, 2.75) is 203 Å². The predicted molar refractivity (Wildman–Crippen MR) is 226 cm³/mol. The molecule has 6 fully saturated rings. The second kappa shape index (κ2) is 27.5. The Morgan fingerprint density at radius 2 is 0.562 bits per heavy atom. The lowest BCUT2D eigenvalue weighted by Crippen LogP contribution is -2.68. The highest BCUT2D eigenvalue weighted by Crippen LogP contribution is 2.37. The van der Waals surface area contributed by atoms with Crippen molar-refractivity contribution in [1.29, 1.82) is 0 Å². The average molecular weight is 1080 g/mol. The van der Waals surface area contributed by atoms with Gasteiger partial charge in [-0.1, -0.05) is 0 Å². The van der Waals surface area contributed by atoms with Gasteiger partial charge in [-0.05, 0) is 25.8 Å². The molecule has 6 saturated heterocycles. The zero-order valence-electron chi connectivity index (χ0n) is 39.1. The van der Waals surface area contributed by atoms with Crippen molar-refractivity contribution in [2.75, 3.05) is 52.8 Å². The van der Waals surface area contributed by atoms with Gasteiger partial charge in [-0.15, -0.1) is 0 Å². The lowest BCUT2D eigenvalue weighted by molar-refractivity contribution is -0.404. The zero-order valence-corrected chi connectivity index (χ0v) is 39.1. The molecular formula is C41H73NO31. The molecule has 428 valence electrons. The monoisotopic (exact) mass is 1080 g/mol. The summed E-state index contributed by atoms with van der Waals surface area (Å²) in [5.41, 5.74) is 5.53. The minimum absolute atomic E-state index is 0.0545. The summed E-state index contributed by atoms with van der Waals surface area (Å²) >= 11 is 0. The summed E-state index contributed by atoms with van der Waals surface area (Å²) < 4.78 is 67.9. The highest BCUT2D eigenvalue weighted by Gasteiger charge is 2.58. The first-order valence-corrected chi connectivity index (χ1v) is 23.8. The number of hydrogen-bond donors (Lipinski definition) is 20. The molecule has 0 aliphatic carbocycles. The highest BCUT2D eigenvalue weighted by molar-refractivity contribution is 5.00. The first-order chi connectivity index (χ1) is 34.8. The third-order valence-electron chi connectivity index (χ3n) is 13.5. The molecule has 12 unspecified atom stereocenters. The quantitative estimate of drug-likeness (QED) is 0.0448. The number of rotatable bonds is 22. The van der Waals surface area contributed by atoms with Gasteiger partial charge in [0, 0.05) is 6.61 Å². The molecule has 73 heavy (non-hydrogen) atoms. The number of unbranched alkanes of at least 4 members (excludes halogenated alkanes) is 2. The minimum Gasteiger partial charge on any atom is -0.394 e. The van der Waals surface area contributed by atoms with Crippen molar-refractivity contribution < 1.29 is 154 Å². The standard InChI is InChI=1S/C41H73NO31/c42-4-2-1-3-5-62-36-27(58)31(20(51)14(8-45)63-36)70-39-30(61)34(23(54)17(11-48)66-39)72-41-35(25(56)19(50)13(7-44)68-41)73-40-29(60)33(22(53)16(10-47)67-40)71-38-28(59)32(21(52)15(9-46)65-38)69-37-26(57)24(55)18(49)12(6-43)64-37/h12-41,43-61H,1-11,42H2/t12?,13?,14?,15?,16?,17?,18-,19-,20-,21-,22-,23-,24+,25+,26?,27?,28?,29?,30?,31+,32+,33+,34+,35?,36+,37-,38-,39-,40-,41-/m1/s1. The first-order valence-electron chi connectivity index (χ1n) is 23.8. The average Bonchev–Trinajstić information content (AvgIpc) is 3.38. The molecule has 0 aromatic rings. The van der Waals surface area contributed by atoms with Gasteiger partial charge in [-0.3, -0.25) is 0 Å². The summed E-state index contributed by atoms with van der Waals surface area (Å²) in [5, 5.41) is 204. The molecule has 0 aromatic heterocycles. The summed E-state index contributed by atoms with van der Waals surface area (Å²) in [6.45, 7) is -5.23. The van der Waals surface area contributed by atoms with Crippen LogP contribution >= 0.6 is 0 Å². The molecule has 0 aromatic carbocycles. The van der Waals surface area contributed by atoms with E-state index in [0.717, 1.165) is 0 Å². The summed E-state index contributed by atoms with van der Waals surface area (Å²) in [7, 11) is 0. The fraction of sp³-hybridized carbons (Fsp3) is 1.00. The minimum atomic E-state index is -2.28. The maximum atomic E-state index is 11.7. The molecule has 6 aliphatic heterocycles. The lowest BCUT2D eigenvalue weighted by Gasteiger charge is -2.50. The normalized spacial score (nSPS) is 50.0. The van der Waals surface area contributed by atoms with E-state index in [1.807, 2.05) is 0 Å². The van der Waals surface area contributed by atoms with Crippen molar-refractivity contribution in [1.82, 2.24) is 0 Å². The third-order valence-corrected chi connectivity index (χ3v) is 13.5. The Hall–Kier alpha value is -1.28. The molecule has 0 radical (unpaired) electrons. The van der Waals surface area contributed by atoms with Crippen LogP contribution in [0, 0.1) is 0 Å². The van der Waals surface area contributed by atoms with Gasteiger partial charge in [0.05, 0.1) is 39.6 Å². The van der Waals surface area contributed by atoms with E-state index in [2.05, 4.69) is 0 Å². The zero-order chi connectivity index (χ0) is 53.6. The molecule has 0 spiro atoms. The highest BCUT2D eigenvalue weighted by atomic mass is 16.8. The van der Waals surface area contributed by atoms with Gasteiger partial charge < -0.3 is 160 Å². The van der Waals surface area contributed by atoms with E-state index in [9.17, 15) is 97.0 Å². The Kier molecular flexibility index (Phi) is 23.0. The van der Waals surface area contributed by atoms with Gasteiger partial charge in [0.15, 0.2) is 37.7 Å². The molecule has 0 saturated carbocycles. The Labute approximate surface area is 415 Å². The maximum absolute atomic E-state index is 11.7. The molecule has 0 amide bonds. The van der Waals surface area contributed by atoms with E-state index < -0.39 is 224 Å². The fourth-order valence-corrected chi connectivity index (χ4v) is 9.22. The first kappa shape index (κ1) is 60.9. The molecule has 6 rings (SSSR count). The van der Waals surface area contributed by atoms with Crippen molar-refractivity contribution in [3.63, 3.8) is 0 Å². The lowest BCUT2D eigenvalue weighted by atomic mass is 9.95. The number of aliphatic hydroxyl groups is 19. The van der Waals surface area contributed by atoms with Crippen molar-refractivity contribution >= 4 is 0 Å². The van der Waals surface area contributed by atoms with Gasteiger partial charge in [0.25, 0.3) is 0 Å². The second-order valence-electron chi connectivity index (χ2n) is 18.5. The summed E-state index contributed by atoms with van der Waals surface area (Å²) in [5.74, 6) is 0. The topological polar surface area (TPSA) is 521 Å². The van der Waals surface area contributed by atoms with Crippen LogP contribution < -0.4 is 5.73 Å². The van der Waals surface area contributed by atoms with Crippen LogP contribution in [0.3, 0.4) is 0 Å². The smallest absolute Gasteiger partial charge is 0.187 e. The van der Waals surface area contributed by atoms with Gasteiger partial charge in [0.1, 0.15) is 146 Å². The molecular weight excluding hydrogens is 1000 g/mol. The van der Waals surface area contributed by atoms with Crippen molar-refractivity contribution in [2.24, 2.45) is 5.73 Å². The Morgan fingerprint density at radius 3 is 0.932 bits per heavy atom. The summed E-state index contributed by atoms with van der Waals surface area (Å²) in [6.07, 6.45) is -55.9. The van der Waals surface area contributed by atoms with Crippen LogP contribution in [0.15, 0.2) is 0 Å². The van der Waals surface area contributed by atoms with Crippen LogP contribution in [-0.4, -0.2) is 334 Å². The van der Waals surface area contributed by atoms with Crippen molar-refractivity contribution in [3.05, 3.63) is 0 Å². The van der Waals surface area contributed by atoms with Crippen molar-refractivity contribution in [3.8, 4) is 0 Å². The van der Waals surface area contributed by atoms with Crippen LogP contribution in [0.5, 0.6) is 0 Å². The summed E-state index contributed by atoms with van der Waals surface area (Å²) in [6, 6.07) is 0. The van der Waals surface area contributed by atoms with Crippen LogP contribution in [0.25, 0.3) is 0 Å². The number of nitrogens with two attached hydrogens (primary N) is 1. The maximum Gasteiger partial charge on any atom is 0.187 e. The van der Waals surface area contributed by atoms with Gasteiger partial charge >= 0.3 is 0 Å². The largest absolute Gasteiger partial charge is 0.394 e. The predicted octanol–water partition coefficient (Wildman–Crippen LogP) is -12.9. The van der Waals surface area contributed by atoms with E-state index in [1.54, 1.807) is 0 Å². The Morgan fingerprint density at radius 1 is 0.274 bits per heavy atom. The molecule has 32 heteroatoms. The number of aliphatic hydroxyl groups excluding tert-OH is 19. The van der Waals surface area contributed by atoms with Crippen LogP contribution in [0.1, 0.15) is 19.3 Å². The van der Waals surface area contributed by atoms with Crippen LogP contribution in [0.4, 0.5) is 0 Å². The van der Waals surface area contributed by atoms with E-state index in [4.69, 9.17) is 62.6 Å². The molecule has 6 heterocycles. The van der Waals surface area contributed by atoms with Gasteiger partial charge in [0.2, 0.25) is 0 Å². The molecule has 6 aliphatic rings. The molecule has 32 nitrogen and oxygen atoms in total. The van der Waals surface area contributed by atoms with Crippen LogP contribution in [-0.2, 0) is 56.8 Å². The fourth-order valence-electron chi connectivity index (χ4n) is 9.22. The Bertz CT molecular complexity index is 1620. The number of hydrogen-bond acceptors (Lipinski definition) is 32. The molecule has 21 N–H and O–H groups in total. The summed E-state index contributed by atoms with van der Waals surface area (Å²) in [4.78, 5) is 0.